The zero-order chi connectivity index (χ0) is 21.1. The van der Waals surface area contributed by atoms with Crippen molar-refractivity contribution in [2.75, 3.05) is 41.1 Å². The Morgan fingerprint density at radius 1 is 0.724 bits per heavy atom. The average molecular weight is 399 g/mol. The highest BCUT2D eigenvalue weighted by Gasteiger charge is 2.23. The zero-order valence-corrected chi connectivity index (χ0v) is 18.9. The van der Waals surface area contributed by atoms with Crippen LogP contribution in [0.1, 0.15) is 33.4 Å². The number of hydrogen-bond acceptors (Lipinski definition) is 5. The van der Waals surface area contributed by atoms with Gasteiger partial charge in [-0.3, -0.25) is 9.80 Å². The maximum Gasteiger partial charge on any atom is 0.203 e. The maximum atomic E-state index is 5.50. The molecule has 1 fully saturated rings. The quantitative estimate of drug-likeness (QED) is 0.698. The number of ether oxygens (including phenoxy) is 3. The van der Waals surface area contributed by atoms with E-state index in [-0.39, 0.29) is 0 Å². The molecule has 2 aromatic carbocycles. The normalized spacial score (nSPS) is 15.0. The van der Waals surface area contributed by atoms with E-state index in [1.165, 1.54) is 33.4 Å². The zero-order valence-electron chi connectivity index (χ0n) is 18.9. The molecular weight excluding hydrogens is 364 g/mol. The predicted molar refractivity (Wildman–Crippen MR) is 117 cm³/mol. The lowest BCUT2D eigenvalue weighted by molar-refractivity contribution is 0.234. The highest BCUT2D eigenvalue weighted by atomic mass is 16.5. The van der Waals surface area contributed by atoms with E-state index >= 15 is 0 Å². The molecule has 0 radical (unpaired) electrons. The van der Waals surface area contributed by atoms with Crippen LogP contribution in [-0.4, -0.2) is 50.9 Å². The van der Waals surface area contributed by atoms with Gasteiger partial charge in [0.25, 0.3) is 0 Å². The van der Waals surface area contributed by atoms with E-state index in [4.69, 9.17) is 14.2 Å². The van der Waals surface area contributed by atoms with Crippen molar-refractivity contribution < 1.29 is 14.2 Å². The van der Waals surface area contributed by atoms with Gasteiger partial charge < -0.3 is 14.2 Å². The van der Waals surface area contributed by atoms with Crippen LogP contribution in [0.25, 0.3) is 0 Å². The molecule has 3 rings (SSSR count). The van der Waals surface area contributed by atoms with E-state index in [2.05, 4.69) is 43.6 Å². The lowest BCUT2D eigenvalue weighted by Gasteiger charge is -2.22. The summed E-state index contributed by atoms with van der Waals surface area (Å²) in [6, 6.07) is 6.39. The molecular formula is C24H34N2O3. The molecule has 0 N–H and O–H groups in total. The highest BCUT2D eigenvalue weighted by Crippen LogP contribution is 2.38. The summed E-state index contributed by atoms with van der Waals surface area (Å²) in [5.41, 5.74) is 8.28. The van der Waals surface area contributed by atoms with Crippen LogP contribution in [-0.2, 0) is 13.1 Å². The van der Waals surface area contributed by atoms with Crippen LogP contribution in [0.15, 0.2) is 18.2 Å². The van der Waals surface area contributed by atoms with Crippen molar-refractivity contribution in [2.24, 2.45) is 0 Å². The highest BCUT2D eigenvalue weighted by molar-refractivity contribution is 5.53. The summed E-state index contributed by atoms with van der Waals surface area (Å²) in [6.07, 6.45) is 0. The summed E-state index contributed by atoms with van der Waals surface area (Å²) in [5, 5.41) is 0. The number of nitrogens with zero attached hydrogens (tertiary/aromatic N) is 2. The Bertz CT molecular complexity index is 828. The number of benzene rings is 2. The molecule has 1 saturated heterocycles. The molecule has 0 spiro atoms. The molecule has 0 amide bonds. The number of aryl methyl sites for hydroxylation is 2. The third-order valence-electron chi connectivity index (χ3n) is 6.17. The van der Waals surface area contributed by atoms with Gasteiger partial charge in [-0.25, -0.2) is 0 Å². The van der Waals surface area contributed by atoms with Gasteiger partial charge in [-0.15, -0.1) is 0 Å². The molecule has 5 heteroatoms. The number of hydrogen-bond donors (Lipinski definition) is 0. The summed E-state index contributed by atoms with van der Waals surface area (Å²) in [5.74, 6) is 2.06. The Kier molecular flexibility index (Phi) is 6.70. The van der Waals surface area contributed by atoms with Crippen molar-refractivity contribution in [3.8, 4) is 17.2 Å². The van der Waals surface area contributed by atoms with Gasteiger partial charge in [0.15, 0.2) is 11.5 Å². The van der Waals surface area contributed by atoms with Crippen LogP contribution < -0.4 is 14.2 Å². The van der Waals surface area contributed by atoms with Crippen LogP contribution in [0.2, 0.25) is 0 Å². The van der Waals surface area contributed by atoms with Crippen LogP contribution in [0.3, 0.4) is 0 Å². The standard InChI is InChI=1S/C24H34N2O3/c1-16-10-17(2)19(4)21(18(16)3)14-26-9-8-25(15-26)13-20-11-22(27-5)24(29-7)23(12-20)28-6/h10-12H,8-9,13-15H2,1-7H3. The van der Waals surface area contributed by atoms with E-state index in [9.17, 15) is 0 Å². The first-order chi connectivity index (χ1) is 13.9. The Morgan fingerprint density at radius 2 is 1.24 bits per heavy atom. The second-order valence-electron chi connectivity index (χ2n) is 8.02. The van der Waals surface area contributed by atoms with E-state index in [0.29, 0.717) is 17.2 Å². The first kappa shape index (κ1) is 21.5. The van der Waals surface area contributed by atoms with Gasteiger partial charge in [-0.1, -0.05) is 6.07 Å². The van der Waals surface area contributed by atoms with Crippen molar-refractivity contribution >= 4 is 0 Å². The van der Waals surface area contributed by atoms with Gasteiger partial charge >= 0.3 is 0 Å². The van der Waals surface area contributed by atoms with Gasteiger partial charge in [-0.2, -0.15) is 0 Å². The van der Waals surface area contributed by atoms with E-state index in [1.54, 1.807) is 21.3 Å². The molecule has 1 heterocycles. The SMILES string of the molecule is COc1cc(CN2CCN(Cc3c(C)c(C)cc(C)c3C)C2)cc(OC)c1OC. The van der Waals surface area contributed by atoms with Gasteiger partial charge in [0.2, 0.25) is 5.75 Å². The Hall–Kier alpha value is -2.24. The lowest BCUT2D eigenvalue weighted by Crippen LogP contribution is -2.25. The van der Waals surface area contributed by atoms with Crippen molar-refractivity contribution in [1.29, 1.82) is 0 Å². The van der Waals surface area contributed by atoms with E-state index in [0.717, 1.165) is 32.8 Å². The topological polar surface area (TPSA) is 34.2 Å². The fraction of sp³-hybridized carbons (Fsp3) is 0.500. The van der Waals surface area contributed by atoms with Gasteiger partial charge in [0.05, 0.1) is 28.0 Å². The van der Waals surface area contributed by atoms with E-state index in [1.807, 2.05) is 12.1 Å². The third-order valence-corrected chi connectivity index (χ3v) is 6.17. The second-order valence-corrected chi connectivity index (χ2v) is 8.02. The molecule has 1 aliphatic heterocycles. The molecule has 29 heavy (non-hydrogen) atoms. The summed E-state index contributed by atoms with van der Waals surface area (Å²) >= 11 is 0. The fourth-order valence-corrected chi connectivity index (χ4v) is 4.21. The molecule has 0 aromatic heterocycles. The van der Waals surface area contributed by atoms with Crippen LogP contribution in [0.4, 0.5) is 0 Å². The minimum atomic E-state index is 0.641. The number of methoxy groups -OCH3 is 3. The maximum absolute atomic E-state index is 5.50. The van der Waals surface area contributed by atoms with Crippen LogP contribution >= 0.6 is 0 Å². The predicted octanol–water partition coefficient (Wildman–Crippen LogP) is 4.22. The molecule has 0 aliphatic carbocycles. The van der Waals surface area contributed by atoms with Gasteiger partial charge in [0, 0.05) is 26.2 Å². The average Bonchev–Trinajstić information content (AvgIpc) is 3.15. The second kappa shape index (κ2) is 9.06. The molecule has 5 nitrogen and oxygen atoms in total. The summed E-state index contributed by atoms with van der Waals surface area (Å²) < 4.78 is 16.4. The molecule has 0 atom stereocenters. The molecule has 0 bridgehead atoms. The minimum absolute atomic E-state index is 0.641. The summed E-state index contributed by atoms with van der Waals surface area (Å²) in [6.45, 7) is 13.9. The van der Waals surface area contributed by atoms with Crippen LogP contribution in [0, 0.1) is 27.7 Å². The largest absolute Gasteiger partial charge is 0.493 e. The van der Waals surface area contributed by atoms with Crippen LogP contribution in [0.5, 0.6) is 17.2 Å². The smallest absolute Gasteiger partial charge is 0.203 e. The lowest BCUT2D eigenvalue weighted by atomic mass is 9.94. The monoisotopic (exact) mass is 398 g/mol. The van der Waals surface area contributed by atoms with Crippen molar-refractivity contribution in [3.63, 3.8) is 0 Å². The number of rotatable bonds is 7. The molecule has 158 valence electrons. The Labute approximate surface area is 175 Å². The third kappa shape index (κ3) is 4.51. The first-order valence-electron chi connectivity index (χ1n) is 10.2. The Balaban J connectivity index is 1.71. The summed E-state index contributed by atoms with van der Waals surface area (Å²) in [7, 11) is 4.95. The van der Waals surface area contributed by atoms with Crippen molar-refractivity contribution in [3.05, 3.63) is 51.6 Å². The van der Waals surface area contributed by atoms with Gasteiger partial charge in [-0.05, 0) is 73.2 Å². The molecule has 1 aliphatic rings. The van der Waals surface area contributed by atoms with E-state index < -0.39 is 0 Å². The van der Waals surface area contributed by atoms with Crippen molar-refractivity contribution in [2.45, 2.75) is 40.8 Å². The first-order valence-corrected chi connectivity index (χ1v) is 10.2. The summed E-state index contributed by atoms with van der Waals surface area (Å²) in [4.78, 5) is 5.00. The molecule has 2 aromatic rings. The van der Waals surface area contributed by atoms with Crippen molar-refractivity contribution in [1.82, 2.24) is 9.80 Å². The Morgan fingerprint density at radius 3 is 1.72 bits per heavy atom. The van der Waals surface area contributed by atoms with Gasteiger partial charge in [0.1, 0.15) is 0 Å². The molecule has 0 saturated carbocycles. The minimum Gasteiger partial charge on any atom is -0.493 e. The molecule has 0 unspecified atom stereocenters. The fourth-order valence-electron chi connectivity index (χ4n) is 4.21.